The van der Waals surface area contributed by atoms with E-state index in [1.165, 1.54) is 30.6 Å². The van der Waals surface area contributed by atoms with E-state index in [0.717, 1.165) is 0 Å². The smallest absolute Gasteiger partial charge is 0.353 e. The normalized spacial score (nSPS) is 10.2. The summed E-state index contributed by atoms with van der Waals surface area (Å²) in [5, 5.41) is 26.3. The van der Waals surface area contributed by atoms with E-state index in [4.69, 9.17) is 9.84 Å². The van der Waals surface area contributed by atoms with Crippen molar-refractivity contribution in [3.63, 3.8) is 0 Å². The van der Waals surface area contributed by atoms with Crippen LogP contribution >= 0.6 is 0 Å². The molecule has 0 radical (unpaired) electrons. The lowest BCUT2D eigenvalue weighted by molar-refractivity contribution is -0.383. The Morgan fingerprint density at radius 3 is 2.00 bits per heavy atom. The number of carbonyl (C=O) groups is 1. The first-order chi connectivity index (χ1) is 14.0. The van der Waals surface area contributed by atoms with E-state index in [2.05, 4.69) is 20.6 Å². The van der Waals surface area contributed by atoms with Gasteiger partial charge in [0.2, 0.25) is 11.6 Å². The summed E-state index contributed by atoms with van der Waals surface area (Å²) in [5.41, 5.74) is 0.796. The summed E-state index contributed by atoms with van der Waals surface area (Å²) in [6.07, 6.45) is 1.19. The fourth-order valence-corrected chi connectivity index (χ4v) is 2.51. The molecular weight excluding hydrogens is 378 g/mol. The second-order valence-corrected chi connectivity index (χ2v) is 5.77. The quantitative estimate of drug-likeness (QED) is 0.382. The first-order valence-electron chi connectivity index (χ1n) is 8.57. The van der Waals surface area contributed by atoms with Gasteiger partial charge in [-0.1, -0.05) is 0 Å². The number of carboxylic acid groups (broad SMARTS) is 1. The highest BCUT2D eigenvalue weighted by Crippen LogP contribution is 2.33. The molecule has 0 atom stereocenters. The van der Waals surface area contributed by atoms with Crippen LogP contribution in [0.1, 0.15) is 17.3 Å². The second-order valence-electron chi connectivity index (χ2n) is 5.77. The van der Waals surface area contributed by atoms with Gasteiger partial charge in [0.15, 0.2) is 0 Å². The predicted molar refractivity (Wildman–Crippen MR) is 106 cm³/mol. The molecule has 0 aliphatic carbocycles. The van der Waals surface area contributed by atoms with Crippen molar-refractivity contribution in [3.05, 3.63) is 70.5 Å². The average molecular weight is 395 g/mol. The molecule has 148 valence electrons. The maximum atomic E-state index is 11.7. The van der Waals surface area contributed by atoms with Gasteiger partial charge in [-0.05, 0) is 55.5 Å². The van der Waals surface area contributed by atoms with E-state index < -0.39 is 10.9 Å². The van der Waals surface area contributed by atoms with Gasteiger partial charge < -0.3 is 20.5 Å². The van der Waals surface area contributed by atoms with E-state index in [9.17, 15) is 14.9 Å². The summed E-state index contributed by atoms with van der Waals surface area (Å²) >= 11 is 0. The molecule has 1 heterocycles. The highest BCUT2D eigenvalue weighted by Gasteiger charge is 2.23. The Morgan fingerprint density at radius 2 is 1.55 bits per heavy atom. The topological polar surface area (TPSA) is 140 Å². The Kier molecular flexibility index (Phi) is 5.83. The van der Waals surface area contributed by atoms with E-state index in [1.54, 1.807) is 24.3 Å². The third-order valence-corrected chi connectivity index (χ3v) is 3.83. The molecule has 0 amide bonds. The molecular formula is C19H17N5O5. The largest absolute Gasteiger partial charge is 0.494 e. The molecule has 10 nitrogen and oxygen atoms in total. The summed E-state index contributed by atoms with van der Waals surface area (Å²) < 4.78 is 5.37. The Bertz CT molecular complexity index is 1020. The highest BCUT2D eigenvalue weighted by molar-refractivity contribution is 5.88. The van der Waals surface area contributed by atoms with Crippen molar-refractivity contribution in [2.75, 3.05) is 17.2 Å². The zero-order chi connectivity index (χ0) is 20.8. The minimum Gasteiger partial charge on any atom is -0.494 e. The molecule has 0 fully saturated rings. The van der Waals surface area contributed by atoms with E-state index in [1.807, 2.05) is 6.92 Å². The van der Waals surface area contributed by atoms with Gasteiger partial charge in [0.05, 0.1) is 17.1 Å². The number of nitro groups is 1. The Balaban J connectivity index is 1.87. The molecule has 0 spiro atoms. The van der Waals surface area contributed by atoms with Crippen LogP contribution in [-0.4, -0.2) is 32.6 Å². The number of benzene rings is 2. The van der Waals surface area contributed by atoms with Gasteiger partial charge in [-0.25, -0.2) is 14.8 Å². The minimum atomic E-state index is -1.06. The van der Waals surface area contributed by atoms with Gasteiger partial charge in [0, 0.05) is 11.4 Å². The summed E-state index contributed by atoms with van der Waals surface area (Å²) in [6.45, 7) is 2.41. The zero-order valence-electron chi connectivity index (χ0n) is 15.3. The first-order valence-corrected chi connectivity index (χ1v) is 8.57. The molecule has 3 rings (SSSR count). The average Bonchev–Trinajstić information content (AvgIpc) is 2.70. The molecule has 10 heteroatoms. The zero-order valence-corrected chi connectivity index (χ0v) is 15.3. The molecule has 0 aliphatic rings. The summed E-state index contributed by atoms with van der Waals surface area (Å²) in [6, 6.07) is 12.7. The van der Waals surface area contributed by atoms with Gasteiger partial charge in [-0.3, -0.25) is 10.1 Å². The lowest BCUT2D eigenvalue weighted by atomic mass is 10.2. The Labute approximate surface area is 165 Å². The monoisotopic (exact) mass is 395 g/mol. The lowest BCUT2D eigenvalue weighted by Crippen LogP contribution is -2.05. The van der Waals surface area contributed by atoms with Gasteiger partial charge in [-0.2, -0.15) is 0 Å². The third-order valence-electron chi connectivity index (χ3n) is 3.83. The first kappa shape index (κ1) is 19.5. The van der Waals surface area contributed by atoms with Gasteiger partial charge in [0.1, 0.15) is 12.1 Å². The molecule has 0 saturated heterocycles. The van der Waals surface area contributed by atoms with Crippen molar-refractivity contribution in [1.29, 1.82) is 0 Å². The van der Waals surface area contributed by atoms with Crippen LogP contribution in [0.5, 0.6) is 5.75 Å². The number of nitrogens with one attached hydrogen (secondary N) is 2. The predicted octanol–water partition coefficient (Wildman–Crippen LogP) is 3.97. The van der Waals surface area contributed by atoms with E-state index >= 15 is 0 Å². The van der Waals surface area contributed by atoms with Crippen LogP contribution in [0.25, 0.3) is 0 Å². The maximum absolute atomic E-state index is 11.7. The molecule has 0 aliphatic heterocycles. The van der Waals surface area contributed by atoms with Crippen molar-refractivity contribution in [3.8, 4) is 5.75 Å². The molecule has 3 N–H and O–H groups in total. The summed E-state index contributed by atoms with van der Waals surface area (Å²) in [5.74, 6) is -0.394. The van der Waals surface area contributed by atoms with Crippen LogP contribution < -0.4 is 15.4 Å². The standard InChI is InChI=1S/C19H17N5O5/c1-2-29-15-9-7-14(8-10-15)23-18-16(24(27)28)17(20-11-21-18)22-13-5-3-12(4-6-13)19(25)26/h3-11H,2H2,1H3,(H,25,26)(H2,20,21,22,23). The van der Waals surface area contributed by atoms with Crippen LogP contribution in [-0.2, 0) is 0 Å². The second kappa shape index (κ2) is 8.65. The van der Waals surface area contributed by atoms with Crippen molar-refractivity contribution in [2.45, 2.75) is 6.92 Å². The van der Waals surface area contributed by atoms with Crippen LogP contribution in [0.3, 0.4) is 0 Å². The number of hydrogen-bond donors (Lipinski definition) is 3. The summed E-state index contributed by atoms with van der Waals surface area (Å²) in [4.78, 5) is 29.9. The van der Waals surface area contributed by atoms with E-state index in [-0.39, 0.29) is 22.9 Å². The molecule has 1 aromatic heterocycles. The van der Waals surface area contributed by atoms with Crippen molar-refractivity contribution in [2.24, 2.45) is 0 Å². The molecule has 0 bridgehead atoms. The van der Waals surface area contributed by atoms with E-state index in [0.29, 0.717) is 23.7 Å². The summed E-state index contributed by atoms with van der Waals surface area (Å²) in [7, 11) is 0. The SMILES string of the molecule is CCOc1ccc(Nc2ncnc(Nc3ccc(C(=O)O)cc3)c2[N+](=O)[O-])cc1. The van der Waals surface area contributed by atoms with Crippen LogP contribution in [0, 0.1) is 10.1 Å². The number of rotatable bonds is 8. The lowest BCUT2D eigenvalue weighted by Gasteiger charge is -2.11. The fraction of sp³-hybridized carbons (Fsp3) is 0.105. The Hall–Kier alpha value is -4.21. The molecule has 2 aromatic carbocycles. The number of aromatic carboxylic acids is 1. The number of nitrogens with zero attached hydrogens (tertiary/aromatic N) is 3. The van der Waals surface area contributed by atoms with Crippen LogP contribution in [0.2, 0.25) is 0 Å². The molecule has 29 heavy (non-hydrogen) atoms. The molecule has 0 unspecified atom stereocenters. The minimum absolute atomic E-state index is 0.0128. The number of hydrogen-bond acceptors (Lipinski definition) is 8. The highest BCUT2D eigenvalue weighted by atomic mass is 16.6. The van der Waals surface area contributed by atoms with Crippen molar-refractivity contribution < 1.29 is 19.6 Å². The van der Waals surface area contributed by atoms with Crippen molar-refractivity contribution >= 4 is 34.7 Å². The molecule has 0 saturated carbocycles. The van der Waals surface area contributed by atoms with Gasteiger partial charge in [0.25, 0.3) is 0 Å². The molecule has 3 aromatic rings. The maximum Gasteiger partial charge on any atom is 0.353 e. The number of anilines is 4. The third kappa shape index (κ3) is 4.75. The Morgan fingerprint density at radius 1 is 1.03 bits per heavy atom. The van der Waals surface area contributed by atoms with Crippen molar-refractivity contribution in [1.82, 2.24) is 9.97 Å². The van der Waals surface area contributed by atoms with Gasteiger partial charge >= 0.3 is 11.7 Å². The van der Waals surface area contributed by atoms with Crippen LogP contribution in [0.15, 0.2) is 54.9 Å². The number of ether oxygens (including phenoxy) is 1. The number of aromatic nitrogens is 2. The van der Waals surface area contributed by atoms with Crippen LogP contribution in [0.4, 0.5) is 28.7 Å². The van der Waals surface area contributed by atoms with Gasteiger partial charge in [-0.15, -0.1) is 0 Å². The fourth-order valence-electron chi connectivity index (χ4n) is 2.51. The number of carboxylic acids is 1.